The Hall–Kier alpha value is -1.62. The molecule has 1 saturated heterocycles. The predicted octanol–water partition coefficient (Wildman–Crippen LogP) is 2.62. The van der Waals surface area contributed by atoms with Crippen molar-refractivity contribution < 1.29 is 9.59 Å². The number of likely N-dealkylation sites (tertiary alicyclic amines) is 1. The second-order valence-electron chi connectivity index (χ2n) is 6.28. The summed E-state index contributed by atoms with van der Waals surface area (Å²) in [5.41, 5.74) is 1.34. The van der Waals surface area contributed by atoms with Crippen LogP contribution in [0.2, 0.25) is 0 Å². The van der Waals surface area contributed by atoms with E-state index in [1.807, 2.05) is 23.6 Å². The molecule has 0 aromatic carbocycles. The second kappa shape index (κ2) is 6.24. The molecule has 3 rings (SSSR count). The molecule has 0 aliphatic carbocycles. The molecule has 118 valence electrons. The summed E-state index contributed by atoms with van der Waals surface area (Å²) in [4.78, 5) is 29.6. The molecular formula is C17H22N2O2S. The lowest BCUT2D eigenvalue weighted by Gasteiger charge is -2.29. The van der Waals surface area contributed by atoms with Gasteiger partial charge in [-0.15, -0.1) is 11.3 Å². The molecule has 1 atom stereocenters. The molecule has 1 unspecified atom stereocenters. The van der Waals surface area contributed by atoms with Gasteiger partial charge in [-0.3, -0.25) is 9.59 Å². The molecule has 2 amide bonds. The first-order valence-electron chi connectivity index (χ1n) is 7.87. The molecule has 3 heterocycles. The number of nitrogens with zero attached hydrogens (tertiary/aromatic N) is 2. The number of carbonyl (C=O) groups excluding carboxylic acids is 2. The molecule has 0 bridgehead atoms. The maximum Gasteiger partial charge on any atom is 0.228 e. The molecule has 2 aliphatic heterocycles. The van der Waals surface area contributed by atoms with E-state index in [4.69, 9.17) is 0 Å². The third-order valence-corrected chi connectivity index (χ3v) is 5.43. The van der Waals surface area contributed by atoms with Gasteiger partial charge < -0.3 is 9.80 Å². The van der Waals surface area contributed by atoms with Gasteiger partial charge in [0.25, 0.3) is 0 Å². The Labute approximate surface area is 135 Å². The van der Waals surface area contributed by atoms with Crippen molar-refractivity contribution in [1.82, 2.24) is 9.80 Å². The average Bonchev–Trinajstić information content (AvgIpc) is 3.16. The molecular weight excluding hydrogens is 296 g/mol. The third kappa shape index (κ3) is 2.95. The maximum atomic E-state index is 12.6. The molecule has 1 aromatic heterocycles. The predicted molar refractivity (Wildman–Crippen MR) is 88.4 cm³/mol. The minimum Gasteiger partial charge on any atom is -0.339 e. The van der Waals surface area contributed by atoms with Gasteiger partial charge in [0.05, 0.1) is 5.92 Å². The summed E-state index contributed by atoms with van der Waals surface area (Å²) < 4.78 is 0. The van der Waals surface area contributed by atoms with Crippen molar-refractivity contribution in [2.75, 3.05) is 19.6 Å². The summed E-state index contributed by atoms with van der Waals surface area (Å²) in [7, 11) is 0. The van der Waals surface area contributed by atoms with Gasteiger partial charge in [0.15, 0.2) is 0 Å². The fourth-order valence-corrected chi connectivity index (χ4v) is 4.01. The van der Waals surface area contributed by atoms with Crippen molar-refractivity contribution in [1.29, 1.82) is 0 Å². The van der Waals surface area contributed by atoms with Crippen LogP contribution in [0.5, 0.6) is 0 Å². The van der Waals surface area contributed by atoms with E-state index in [1.165, 1.54) is 10.5 Å². The first-order chi connectivity index (χ1) is 10.6. The molecule has 0 N–H and O–H groups in total. The second-order valence-corrected chi connectivity index (χ2v) is 7.23. The van der Waals surface area contributed by atoms with Gasteiger partial charge in [-0.05, 0) is 37.3 Å². The first-order valence-corrected chi connectivity index (χ1v) is 8.75. The largest absolute Gasteiger partial charge is 0.339 e. The number of thiophene rings is 1. The van der Waals surface area contributed by atoms with Crippen molar-refractivity contribution in [3.8, 4) is 0 Å². The molecule has 1 aromatic rings. The summed E-state index contributed by atoms with van der Waals surface area (Å²) in [6, 6.07) is 4.37. The van der Waals surface area contributed by atoms with Crippen molar-refractivity contribution >= 4 is 28.7 Å². The molecule has 1 fully saturated rings. The van der Waals surface area contributed by atoms with Gasteiger partial charge in [0.2, 0.25) is 11.8 Å². The fraction of sp³-hybridized carbons (Fsp3) is 0.529. The average molecular weight is 318 g/mol. The van der Waals surface area contributed by atoms with Crippen LogP contribution in [0.3, 0.4) is 0 Å². The Bertz CT molecular complexity index is 592. The maximum absolute atomic E-state index is 12.6. The molecule has 22 heavy (non-hydrogen) atoms. The van der Waals surface area contributed by atoms with Gasteiger partial charge in [0.1, 0.15) is 0 Å². The SMILES string of the molecule is CC(C)N1CC(C(=O)N2CC=C(c3cccs3)CC2)CC1=O. The minimum atomic E-state index is -0.161. The third-order valence-electron chi connectivity index (χ3n) is 4.49. The van der Waals surface area contributed by atoms with Gasteiger partial charge in [-0.25, -0.2) is 0 Å². The van der Waals surface area contributed by atoms with Crippen LogP contribution in [-0.4, -0.2) is 47.3 Å². The summed E-state index contributed by atoms with van der Waals surface area (Å²) >= 11 is 1.75. The number of hydrogen-bond acceptors (Lipinski definition) is 3. The first kappa shape index (κ1) is 15.3. The van der Waals surface area contributed by atoms with Crippen LogP contribution in [0.15, 0.2) is 23.6 Å². The monoisotopic (exact) mass is 318 g/mol. The van der Waals surface area contributed by atoms with E-state index in [0.29, 0.717) is 19.5 Å². The summed E-state index contributed by atoms with van der Waals surface area (Å²) in [6.07, 6.45) is 3.43. The summed E-state index contributed by atoms with van der Waals surface area (Å²) in [6.45, 7) is 6.00. The number of amides is 2. The van der Waals surface area contributed by atoms with Gasteiger partial charge >= 0.3 is 0 Å². The van der Waals surface area contributed by atoms with E-state index in [2.05, 4.69) is 23.6 Å². The van der Waals surface area contributed by atoms with Crippen LogP contribution in [-0.2, 0) is 9.59 Å². The standard InChI is InChI=1S/C17H22N2O2S/c1-12(2)19-11-14(10-16(19)20)17(21)18-7-5-13(6-8-18)15-4-3-9-22-15/h3-5,9,12,14H,6-8,10-11H2,1-2H3. The highest BCUT2D eigenvalue weighted by Gasteiger charge is 2.37. The molecule has 2 aliphatic rings. The van der Waals surface area contributed by atoms with Crippen LogP contribution < -0.4 is 0 Å². The van der Waals surface area contributed by atoms with Gasteiger partial charge in [-0.2, -0.15) is 0 Å². The zero-order valence-electron chi connectivity index (χ0n) is 13.1. The Balaban J connectivity index is 1.62. The van der Waals surface area contributed by atoms with Crippen LogP contribution in [0.4, 0.5) is 0 Å². The normalized spacial score (nSPS) is 22.4. The van der Waals surface area contributed by atoms with Crippen molar-refractivity contribution in [2.24, 2.45) is 5.92 Å². The van der Waals surface area contributed by atoms with E-state index in [0.717, 1.165) is 13.0 Å². The number of rotatable bonds is 3. The molecule has 5 heteroatoms. The lowest BCUT2D eigenvalue weighted by atomic mass is 10.0. The fourth-order valence-electron chi connectivity index (χ4n) is 3.21. The Morgan fingerprint density at radius 3 is 2.77 bits per heavy atom. The highest BCUT2D eigenvalue weighted by Crippen LogP contribution is 2.28. The molecule has 0 radical (unpaired) electrons. The zero-order valence-corrected chi connectivity index (χ0v) is 13.9. The van der Waals surface area contributed by atoms with E-state index < -0.39 is 0 Å². The lowest BCUT2D eigenvalue weighted by molar-refractivity contribution is -0.135. The van der Waals surface area contributed by atoms with Crippen LogP contribution in [0, 0.1) is 5.92 Å². The van der Waals surface area contributed by atoms with Crippen molar-refractivity contribution in [3.63, 3.8) is 0 Å². The van der Waals surface area contributed by atoms with Gasteiger partial charge in [0, 0.05) is 37.0 Å². The van der Waals surface area contributed by atoms with Crippen molar-refractivity contribution in [2.45, 2.75) is 32.7 Å². The van der Waals surface area contributed by atoms with Crippen molar-refractivity contribution in [3.05, 3.63) is 28.5 Å². The molecule has 4 nitrogen and oxygen atoms in total. The lowest BCUT2D eigenvalue weighted by Crippen LogP contribution is -2.40. The number of hydrogen-bond donors (Lipinski definition) is 0. The Kier molecular flexibility index (Phi) is 4.34. The Morgan fingerprint density at radius 2 is 2.23 bits per heavy atom. The smallest absolute Gasteiger partial charge is 0.228 e. The van der Waals surface area contributed by atoms with Crippen LogP contribution >= 0.6 is 11.3 Å². The van der Waals surface area contributed by atoms with E-state index >= 15 is 0 Å². The van der Waals surface area contributed by atoms with E-state index in [9.17, 15) is 9.59 Å². The highest BCUT2D eigenvalue weighted by atomic mass is 32.1. The highest BCUT2D eigenvalue weighted by molar-refractivity contribution is 7.11. The number of carbonyl (C=O) groups is 2. The molecule has 0 spiro atoms. The Morgan fingerprint density at radius 1 is 1.41 bits per heavy atom. The summed E-state index contributed by atoms with van der Waals surface area (Å²) in [5.74, 6) is 0.0877. The van der Waals surface area contributed by atoms with E-state index in [-0.39, 0.29) is 23.8 Å². The van der Waals surface area contributed by atoms with Crippen LogP contribution in [0.25, 0.3) is 5.57 Å². The summed E-state index contributed by atoms with van der Waals surface area (Å²) in [5, 5.41) is 2.08. The quantitative estimate of drug-likeness (QED) is 0.859. The topological polar surface area (TPSA) is 40.6 Å². The van der Waals surface area contributed by atoms with Gasteiger partial charge in [-0.1, -0.05) is 12.1 Å². The van der Waals surface area contributed by atoms with Crippen LogP contribution in [0.1, 0.15) is 31.6 Å². The zero-order chi connectivity index (χ0) is 15.7. The van der Waals surface area contributed by atoms with E-state index in [1.54, 1.807) is 11.3 Å². The minimum absolute atomic E-state index is 0.111. The molecule has 0 saturated carbocycles.